The molecule has 128 valence electrons. The molecule has 2 fully saturated rings. The van der Waals surface area contributed by atoms with E-state index < -0.39 is 17.5 Å². The van der Waals surface area contributed by atoms with Gasteiger partial charge in [0.05, 0.1) is 6.54 Å². The minimum absolute atomic E-state index is 0.0638. The lowest BCUT2D eigenvalue weighted by Gasteiger charge is -2.30. The molecular formula is C16H19ClN4O3. The normalized spacial score (nSPS) is 19.3. The van der Waals surface area contributed by atoms with Crippen molar-refractivity contribution in [3.63, 3.8) is 0 Å². The number of hydrogen-bond acceptors (Lipinski definition) is 4. The molecule has 2 aliphatic rings. The first-order valence-corrected chi connectivity index (χ1v) is 8.34. The first-order chi connectivity index (χ1) is 11.5. The molecule has 1 aliphatic carbocycles. The maximum Gasteiger partial charge on any atom is 0.344 e. The van der Waals surface area contributed by atoms with Gasteiger partial charge >= 0.3 is 6.03 Å². The zero-order chi connectivity index (χ0) is 17.2. The quantitative estimate of drug-likeness (QED) is 0.725. The van der Waals surface area contributed by atoms with Gasteiger partial charge in [0.2, 0.25) is 0 Å². The summed E-state index contributed by atoms with van der Waals surface area (Å²) in [7, 11) is 0. The zero-order valence-electron chi connectivity index (χ0n) is 13.1. The molecule has 8 heteroatoms. The van der Waals surface area contributed by atoms with E-state index >= 15 is 0 Å². The fourth-order valence-corrected chi connectivity index (χ4v) is 3.26. The number of halogens is 1. The summed E-state index contributed by atoms with van der Waals surface area (Å²) in [5.74, 6) is -0.839. The van der Waals surface area contributed by atoms with Crippen molar-refractivity contribution in [2.45, 2.75) is 37.6 Å². The van der Waals surface area contributed by atoms with Gasteiger partial charge in [-0.3, -0.25) is 15.0 Å². The Morgan fingerprint density at radius 1 is 1.17 bits per heavy atom. The molecule has 0 aromatic heterocycles. The van der Waals surface area contributed by atoms with Crippen LogP contribution in [-0.4, -0.2) is 34.9 Å². The summed E-state index contributed by atoms with van der Waals surface area (Å²) in [6, 6.07) is 6.31. The van der Waals surface area contributed by atoms with Gasteiger partial charge in [0, 0.05) is 10.7 Å². The van der Waals surface area contributed by atoms with Crippen LogP contribution in [0.5, 0.6) is 0 Å². The number of hydrogen-bond donors (Lipinski definition) is 3. The molecule has 3 N–H and O–H groups in total. The predicted molar refractivity (Wildman–Crippen MR) is 89.3 cm³/mol. The highest BCUT2D eigenvalue weighted by Gasteiger charge is 2.52. The van der Waals surface area contributed by atoms with Crippen LogP contribution in [-0.2, 0) is 9.59 Å². The SMILES string of the molecule is O=C(CNc1ccc(Cl)cc1)NN1C(=O)NC2(CCCCC2)C1=O. The van der Waals surface area contributed by atoms with Gasteiger partial charge in [0.15, 0.2) is 0 Å². The highest BCUT2D eigenvalue weighted by atomic mass is 35.5. The van der Waals surface area contributed by atoms with Gasteiger partial charge in [-0.1, -0.05) is 30.9 Å². The van der Waals surface area contributed by atoms with Crippen LogP contribution >= 0.6 is 11.6 Å². The Kier molecular flexibility index (Phi) is 4.62. The van der Waals surface area contributed by atoms with Gasteiger partial charge in [-0.2, -0.15) is 5.01 Å². The van der Waals surface area contributed by atoms with Crippen molar-refractivity contribution >= 4 is 35.1 Å². The van der Waals surface area contributed by atoms with Crippen LogP contribution in [0.4, 0.5) is 10.5 Å². The van der Waals surface area contributed by atoms with Gasteiger partial charge in [-0.25, -0.2) is 4.79 Å². The van der Waals surface area contributed by atoms with Crippen molar-refractivity contribution < 1.29 is 14.4 Å². The Labute approximate surface area is 144 Å². The second-order valence-corrected chi connectivity index (χ2v) is 6.55. The molecule has 1 saturated carbocycles. The molecule has 7 nitrogen and oxygen atoms in total. The van der Waals surface area contributed by atoms with E-state index in [4.69, 9.17) is 11.6 Å². The van der Waals surface area contributed by atoms with Crippen molar-refractivity contribution in [3.8, 4) is 0 Å². The molecule has 1 heterocycles. The summed E-state index contributed by atoms with van der Waals surface area (Å²) in [5, 5.41) is 7.05. The summed E-state index contributed by atoms with van der Waals surface area (Å²) < 4.78 is 0. The number of hydrazine groups is 1. The fraction of sp³-hybridized carbons (Fsp3) is 0.438. The van der Waals surface area contributed by atoms with Crippen molar-refractivity contribution in [2.75, 3.05) is 11.9 Å². The summed E-state index contributed by atoms with van der Waals surface area (Å²) >= 11 is 5.80. The van der Waals surface area contributed by atoms with Crippen molar-refractivity contribution in [1.29, 1.82) is 0 Å². The highest BCUT2D eigenvalue weighted by Crippen LogP contribution is 2.32. The number of imide groups is 1. The average Bonchev–Trinajstić information content (AvgIpc) is 2.79. The number of nitrogens with zero attached hydrogens (tertiary/aromatic N) is 1. The monoisotopic (exact) mass is 350 g/mol. The van der Waals surface area contributed by atoms with E-state index in [1.165, 1.54) is 0 Å². The standard InChI is InChI=1S/C16H19ClN4O3/c17-11-4-6-12(7-5-11)18-10-13(22)20-21-14(23)16(19-15(21)24)8-2-1-3-9-16/h4-7,18H,1-3,8-10H2,(H,19,24)(H,20,22). The summed E-state index contributed by atoms with van der Waals surface area (Å²) in [6.45, 7) is -0.0638. The minimum Gasteiger partial charge on any atom is -0.376 e. The molecule has 1 spiro atoms. The van der Waals surface area contributed by atoms with Crippen LogP contribution in [0.3, 0.4) is 0 Å². The average molecular weight is 351 g/mol. The lowest BCUT2D eigenvalue weighted by Crippen LogP contribution is -2.51. The van der Waals surface area contributed by atoms with Crippen molar-refractivity contribution in [2.24, 2.45) is 0 Å². The van der Waals surface area contributed by atoms with Crippen LogP contribution in [0.2, 0.25) is 5.02 Å². The third-order valence-electron chi connectivity index (χ3n) is 4.40. The maximum absolute atomic E-state index is 12.5. The van der Waals surface area contributed by atoms with Gasteiger partial charge in [-0.05, 0) is 37.1 Å². The summed E-state index contributed by atoms with van der Waals surface area (Å²) in [5.41, 5.74) is 2.25. The van der Waals surface area contributed by atoms with Gasteiger partial charge in [-0.15, -0.1) is 0 Å². The van der Waals surface area contributed by atoms with E-state index in [9.17, 15) is 14.4 Å². The highest BCUT2D eigenvalue weighted by molar-refractivity contribution is 6.30. The molecule has 0 radical (unpaired) electrons. The molecule has 0 atom stereocenters. The molecule has 24 heavy (non-hydrogen) atoms. The summed E-state index contributed by atoms with van der Waals surface area (Å²) in [6.07, 6.45) is 4.08. The van der Waals surface area contributed by atoms with Crippen molar-refractivity contribution in [1.82, 2.24) is 15.8 Å². The van der Waals surface area contributed by atoms with Crippen LogP contribution in [0.25, 0.3) is 0 Å². The molecule has 3 rings (SSSR count). The second-order valence-electron chi connectivity index (χ2n) is 6.11. The van der Waals surface area contributed by atoms with E-state index in [1.54, 1.807) is 24.3 Å². The van der Waals surface area contributed by atoms with Crippen LogP contribution in [0.1, 0.15) is 32.1 Å². The molecule has 1 saturated heterocycles. The van der Waals surface area contributed by atoms with Gasteiger partial charge in [0.1, 0.15) is 5.54 Å². The zero-order valence-corrected chi connectivity index (χ0v) is 13.9. The third-order valence-corrected chi connectivity index (χ3v) is 4.65. The molecule has 0 bridgehead atoms. The van der Waals surface area contributed by atoms with Crippen LogP contribution < -0.4 is 16.1 Å². The number of anilines is 1. The predicted octanol–water partition coefficient (Wildman–Crippen LogP) is 2.04. The van der Waals surface area contributed by atoms with Crippen molar-refractivity contribution in [3.05, 3.63) is 29.3 Å². The molecule has 4 amide bonds. The number of carbonyl (C=O) groups excluding carboxylic acids is 3. The van der Waals surface area contributed by atoms with E-state index in [1.807, 2.05) is 0 Å². The minimum atomic E-state index is -0.841. The molecule has 1 aromatic carbocycles. The molecular weight excluding hydrogens is 332 g/mol. The Morgan fingerprint density at radius 2 is 1.83 bits per heavy atom. The number of amides is 4. The lowest BCUT2D eigenvalue weighted by atomic mass is 9.82. The molecule has 0 unspecified atom stereocenters. The Hall–Kier alpha value is -2.28. The largest absolute Gasteiger partial charge is 0.376 e. The summed E-state index contributed by atoms with van der Waals surface area (Å²) in [4.78, 5) is 36.6. The maximum atomic E-state index is 12.5. The van der Waals surface area contributed by atoms with E-state index in [0.717, 1.165) is 30.0 Å². The molecule has 1 aromatic rings. The van der Waals surface area contributed by atoms with E-state index in [-0.39, 0.29) is 12.5 Å². The Bertz CT molecular complexity index is 656. The Morgan fingerprint density at radius 3 is 2.50 bits per heavy atom. The fourth-order valence-electron chi connectivity index (χ4n) is 3.13. The van der Waals surface area contributed by atoms with Gasteiger partial charge < -0.3 is 10.6 Å². The van der Waals surface area contributed by atoms with Gasteiger partial charge in [0.25, 0.3) is 11.8 Å². The topological polar surface area (TPSA) is 90.5 Å². The number of nitrogens with one attached hydrogen (secondary N) is 3. The molecule has 1 aliphatic heterocycles. The Balaban J connectivity index is 1.56. The van der Waals surface area contributed by atoms with E-state index in [0.29, 0.717) is 17.9 Å². The smallest absolute Gasteiger partial charge is 0.344 e. The number of urea groups is 1. The van der Waals surface area contributed by atoms with Crippen LogP contribution in [0, 0.1) is 0 Å². The van der Waals surface area contributed by atoms with Crippen LogP contribution in [0.15, 0.2) is 24.3 Å². The second kappa shape index (κ2) is 6.68. The first-order valence-electron chi connectivity index (χ1n) is 7.96. The number of benzene rings is 1. The first kappa shape index (κ1) is 16.6. The lowest BCUT2D eigenvalue weighted by molar-refractivity contribution is -0.139. The number of carbonyl (C=O) groups is 3. The third kappa shape index (κ3) is 3.31. The number of rotatable bonds is 4. The van der Waals surface area contributed by atoms with E-state index in [2.05, 4.69) is 16.1 Å².